The molecule has 0 radical (unpaired) electrons. The molecule has 1 atom stereocenters. The van der Waals surface area contributed by atoms with Gasteiger partial charge >= 0.3 is 0 Å². The molecule has 0 aliphatic carbocycles. The number of aromatic hydroxyl groups is 1. The molecule has 0 aromatic heterocycles. The first kappa shape index (κ1) is 14.7. The average molecular weight is 336 g/mol. The Labute approximate surface area is 127 Å². The van der Waals surface area contributed by atoms with E-state index in [0.717, 1.165) is 27.0 Å². The summed E-state index contributed by atoms with van der Waals surface area (Å²) in [6.07, 6.45) is 0. The Morgan fingerprint density at radius 1 is 1.25 bits per heavy atom. The van der Waals surface area contributed by atoms with E-state index in [-0.39, 0.29) is 6.04 Å². The average Bonchev–Trinajstić information content (AvgIpc) is 2.41. The van der Waals surface area contributed by atoms with Gasteiger partial charge in [0.2, 0.25) is 0 Å². The highest BCUT2D eigenvalue weighted by atomic mass is 79.9. The number of nitrogens with one attached hydrogen (secondary N) is 1. The maximum atomic E-state index is 9.92. The number of phenols is 1. The molecule has 0 aliphatic heterocycles. The lowest BCUT2D eigenvalue weighted by Gasteiger charge is -2.20. The summed E-state index contributed by atoms with van der Waals surface area (Å²) in [6.45, 7) is 4.03. The smallest absolute Gasteiger partial charge is 0.143 e. The van der Waals surface area contributed by atoms with E-state index in [0.29, 0.717) is 5.75 Å². The monoisotopic (exact) mass is 335 g/mol. The largest absolute Gasteiger partial charge is 0.508 e. The van der Waals surface area contributed by atoms with Crippen molar-refractivity contribution in [3.63, 3.8) is 0 Å². The number of anilines is 1. The second kappa shape index (κ2) is 6.18. The fraction of sp³-hybridized carbons (Fsp3) is 0.250. The van der Waals surface area contributed by atoms with E-state index < -0.39 is 0 Å². The van der Waals surface area contributed by atoms with Crippen molar-refractivity contribution in [1.82, 2.24) is 0 Å². The third-order valence-electron chi connectivity index (χ3n) is 3.25. The molecule has 1 unspecified atom stereocenters. The van der Waals surface area contributed by atoms with Crippen molar-refractivity contribution in [3.8, 4) is 11.5 Å². The van der Waals surface area contributed by atoms with E-state index >= 15 is 0 Å². The van der Waals surface area contributed by atoms with Gasteiger partial charge in [0.25, 0.3) is 0 Å². The number of hydrogen-bond donors (Lipinski definition) is 2. The van der Waals surface area contributed by atoms with E-state index in [1.54, 1.807) is 13.2 Å². The molecule has 0 heterocycles. The molecule has 0 fully saturated rings. The second-order valence-corrected chi connectivity index (χ2v) is 5.64. The maximum Gasteiger partial charge on any atom is 0.143 e. The fourth-order valence-electron chi connectivity index (χ4n) is 2.21. The van der Waals surface area contributed by atoms with Crippen LogP contribution in [0.4, 0.5) is 5.69 Å². The van der Waals surface area contributed by atoms with Crippen molar-refractivity contribution in [2.45, 2.75) is 19.9 Å². The van der Waals surface area contributed by atoms with Crippen LogP contribution in [0.1, 0.15) is 24.1 Å². The van der Waals surface area contributed by atoms with Gasteiger partial charge in [0.1, 0.15) is 11.5 Å². The minimum Gasteiger partial charge on any atom is -0.508 e. The van der Waals surface area contributed by atoms with Crippen molar-refractivity contribution in [2.75, 3.05) is 12.4 Å². The fourth-order valence-corrected chi connectivity index (χ4v) is 2.76. The molecular weight excluding hydrogens is 318 g/mol. The van der Waals surface area contributed by atoms with Crippen LogP contribution in [0.15, 0.2) is 40.9 Å². The van der Waals surface area contributed by atoms with Crippen LogP contribution in [0, 0.1) is 6.92 Å². The molecule has 2 N–H and O–H groups in total. The molecule has 0 bridgehead atoms. The van der Waals surface area contributed by atoms with Gasteiger partial charge in [-0.3, -0.25) is 0 Å². The van der Waals surface area contributed by atoms with Crippen LogP contribution in [-0.2, 0) is 0 Å². The third kappa shape index (κ3) is 3.07. The van der Waals surface area contributed by atoms with Gasteiger partial charge in [-0.15, -0.1) is 0 Å². The molecule has 0 spiro atoms. The van der Waals surface area contributed by atoms with Crippen LogP contribution in [-0.4, -0.2) is 12.2 Å². The third-order valence-corrected chi connectivity index (χ3v) is 3.71. The van der Waals surface area contributed by atoms with Gasteiger partial charge in [-0.2, -0.15) is 0 Å². The van der Waals surface area contributed by atoms with Crippen molar-refractivity contribution in [2.24, 2.45) is 0 Å². The lowest BCUT2D eigenvalue weighted by Crippen LogP contribution is -2.09. The highest BCUT2D eigenvalue weighted by Gasteiger charge is 2.14. The predicted molar refractivity (Wildman–Crippen MR) is 85.6 cm³/mol. The van der Waals surface area contributed by atoms with E-state index in [4.69, 9.17) is 4.74 Å². The van der Waals surface area contributed by atoms with Crippen molar-refractivity contribution >= 4 is 21.6 Å². The highest BCUT2D eigenvalue weighted by molar-refractivity contribution is 9.10. The van der Waals surface area contributed by atoms with Gasteiger partial charge in [-0.25, -0.2) is 0 Å². The van der Waals surface area contributed by atoms with Crippen LogP contribution in [0.3, 0.4) is 0 Å². The number of methoxy groups -OCH3 is 1. The minimum atomic E-state index is -0.0232. The molecule has 0 amide bonds. The number of benzene rings is 2. The first-order valence-electron chi connectivity index (χ1n) is 6.41. The summed E-state index contributed by atoms with van der Waals surface area (Å²) in [7, 11) is 1.65. The molecule has 0 aliphatic rings. The van der Waals surface area contributed by atoms with Crippen molar-refractivity contribution < 1.29 is 9.84 Å². The maximum absolute atomic E-state index is 9.92. The lowest BCUT2D eigenvalue weighted by molar-refractivity contribution is 0.415. The summed E-state index contributed by atoms with van der Waals surface area (Å²) in [5.74, 6) is 1.07. The SMILES string of the molecule is COc1cc(Br)cc(C)c1NC(C)c1ccccc1O. The van der Waals surface area contributed by atoms with Crippen LogP contribution in [0.25, 0.3) is 0 Å². The second-order valence-electron chi connectivity index (χ2n) is 4.72. The lowest BCUT2D eigenvalue weighted by atomic mass is 10.1. The van der Waals surface area contributed by atoms with E-state index in [2.05, 4.69) is 21.2 Å². The molecule has 2 aromatic rings. The standard InChI is InChI=1S/C16H18BrNO2/c1-10-8-12(17)9-15(20-3)16(10)18-11(2)13-6-4-5-7-14(13)19/h4-9,11,18-19H,1-3H3. The quantitative estimate of drug-likeness (QED) is 0.854. The van der Waals surface area contributed by atoms with E-state index in [9.17, 15) is 5.11 Å². The van der Waals surface area contributed by atoms with Crippen LogP contribution in [0.5, 0.6) is 11.5 Å². The zero-order valence-electron chi connectivity index (χ0n) is 11.8. The number of rotatable bonds is 4. The number of halogens is 1. The first-order chi connectivity index (χ1) is 9.52. The highest BCUT2D eigenvalue weighted by Crippen LogP contribution is 2.35. The van der Waals surface area contributed by atoms with Crippen molar-refractivity contribution in [1.29, 1.82) is 0 Å². The molecule has 20 heavy (non-hydrogen) atoms. The van der Waals surface area contributed by atoms with Crippen LogP contribution in [0.2, 0.25) is 0 Å². The molecule has 4 heteroatoms. The summed E-state index contributed by atoms with van der Waals surface area (Å²) in [5, 5.41) is 13.3. The Kier molecular flexibility index (Phi) is 4.55. The Hall–Kier alpha value is -1.68. The summed E-state index contributed by atoms with van der Waals surface area (Å²) in [5.41, 5.74) is 2.88. The number of phenolic OH excluding ortho intramolecular Hbond substituents is 1. The van der Waals surface area contributed by atoms with Gasteiger partial charge in [-0.05, 0) is 37.6 Å². The molecule has 0 saturated carbocycles. The zero-order valence-corrected chi connectivity index (χ0v) is 13.4. The zero-order chi connectivity index (χ0) is 14.7. The summed E-state index contributed by atoms with van der Waals surface area (Å²) >= 11 is 3.46. The first-order valence-corrected chi connectivity index (χ1v) is 7.20. The Bertz CT molecular complexity index is 613. The van der Waals surface area contributed by atoms with Crippen LogP contribution < -0.4 is 10.1 Å². The van der Waals surface area contributed by atoms with Gasteiger partial charge in [0, 0.05) is 10.0 Å². The van der Waals surface area contributed by atoms with E-state index in [1.165, 1.54) is 0 Å². The van der Waals surface area contributed by atoms with E-state index in [1.807, 2.05) is 44.2 Å². The summed E-state index contributed by atoms with van der Waals surface area (Å²) < 4.78 is 6.40. The number of hydrogen-bond acceptors (Lipinski definition) is 3. The summed E-state index contributed by atoms with van der Waals surface area (Å²) in [4.78, 5) is 0. The normalized spacial score (nSPS) is 12.0. The van der Waals surface area contributed by atoms with Crippen molar-refractivity contribution in [3.05, 3.63) is 52.0 Å². The minimum absolute atomic E-state index is 0.0232. The molecule has 0 saturated heterocycles. The molecular formula is C16H18BrNO2. The molecule has 2 rings (SSSR count). The van der Waals surface area contributed by atoms with Crippen LogP contribution >= 0.6 is 15.9 Å². The topological polar surface area (TPSA) is 41.5 Å². The number of aryl methyl sites for hydroxylation is 1. The Balaban J connectivity index is 2.33. The van der Waals surface area contributed by atoms with Gasteiger partial charge in [0.15, 0.2) is 0 Å². The molecule has 106 valence electrons. The van der Waals surface area contributed by atoms with Gasteiger partial charge in [0.05, 0.1) is 18.8 Å². The number of para-hydroxylation sites is 1. The summed E-state index contributed by atoms with van der Waals surface area (Å²) in [6, 6.07) is 11.3. The molecule has 3 nitrogen and oxygen atoms in total. The Morgan fingerprint density at radius 3 is 2.60 bits per heavy atom. The van der Waals surface area contributed by atoms with Gasteiger partial charge in [-0.1, -0.05) is 34.1 Å². The molecule has 2 aromatic carbocycles. The number of ether oxygens (including phenoxy) is 1. The Morgan fingerprint density at radius 2 is 1.95 bits per heavy atom. The predicted octanol–water partition coefficient (Wildman–Crippen LogP) is 4.64. The van der Waals surface area contributed by atoms with Gasteiger partial charge < -0.3 is 15.2 Å².